The molecule has 0 radical (unpaired) electrons. The Kier molecular flexibility index (Phi) is 4.15. The quantitative estimate of drug-likeness (QED) is 0.921. The molecule has 1 aliphatic heterocycles. The number of aliphatic carboxylic acids is 1. The second-order valence-electron chi connectivity index (χ2n) is 6.07. The second kappa shape index (κ2) is 6.24. The monoisotopic (exact) mass is 308 g/mol. The fraction of sp³-hybridized carbons (Fsp3) is 0.263. The van der Waals surface area contributed by atoms with Crippen molar-refractivity contribution in [3.8, 4) is 0 Å². The lowest BCUT2D eigenvalue weighted by atomic mass is 10.0. The van der Waals surface area contributed by atoms with Gasteiger partial charge in [0, 0.05) is 6.42 Å². The van der Waals surface area contributed by atoms with E-state index in [0.717, 1.165) is 11.3 Å². The number of hydrazone groups is 1. The first-order valence-corrected chi connectivity index (χ1v) is 7.81. The normalized spacial score (nSPS) is 17.4. The van der Waals surface area contributed by atoms with Crippen molar-refractivity contribution in [1.82, 2.24) is 0 Å². The Morgan fingerprint density at radius 2 is 1.78 bits per heavy atom. The molecule has 4 heteroatoms. The van der Waals surface area contributed by atoms with Crippen LogP contribution < -0.4 is 5.01 Å². The molecular formula is C19H20N2O2. The van der Waals surface area contributed by atoms with Crippen LogP contribution in [0, 0.1) is 0 Å². The maximum Gasteiger partial charge on any atom is 0.352 e. The van der Waals surface area contributed by atoms with Gasteiger partial charge in [0.05, 0.1) is 11.7 Å². The number of nitrogens with zero attached hydrogens (tertiary/aromatic N) is 2. The van der Waals surface area contributed by atoms with Gasteiger partial charge in [-0.2, -0.15) is 5.10 Å². The predicted octanol–water partition coefficient (Wildman–Crippen LogP) is 4.20. The lowest BCUT2D eigenvalue weighted by Crippen LogP contribution is -2.18. The number of hydrogen-bond acceptors (Lipinski definition) is 3. The molecule has 0 fully saturated rings. The van der Waals surface area contributed by atoms with Crippen molar-refractivity contribution in [2.45, 2.75) is 32.2 Å². The van der Waals surface area contributed by atoms with E-state index in [-0.39, 0.29) is 11.8 Å². The minimum absolute atomic E-state index is 0.0767. The molecule has 2 aromatic carbocycles. The lowest BCUT2D eigenvalue weighted by Gasteiger charge is -2.24. The van der Waals surface area contributed by atoms with E-state index in [1.165, 1.54) is 5.56 Å². The van der Waals surface area contributed by atoms with Gasteiger partial charge in [0.15, 0.2) is 0 Å². The molecule has 0 aromatic heterocycles. The summed E-state index contributed by atoms with van der Waals surface area (Å²) >= 11 is 0. The van der Waals surface area contributed by atoms with Gasteiger partial charge in [-0.25, -0.2) is 4.79 Å². The summed E-state index contributed by atoms with van der Waals surface area (Å²) in [5.41, 5.74) is 3.44. The smallest absolute Gasteiger partial charge is 0.352 e. The summed E-state index contributed by atoms with van der Waals surface area (Å²) in [6.45, 7) is 4.30. The number of anilines is 1. The van der Waals surface area contributed by atoms with Gasteiger partial charge in [0.2, 0.25) is 0 Å². The van der Waals surface area contributed by atoms with Crippen molar-refractivity contribution in [3.63, 3.8) is 0 Å². The highest BCUT2D eigenvalue weighted by Crippen LogP contribution is 2.35. The average Bonchev–Trinajstić information content (AvgIpc) is 3.01. The number of carboxylic acids is 1. The molecule has 3 rings (SSSR count). The van der Waals surface area contributed by atoms with E-state index in [4.69, 9.17) is 0 Å². The van der Waals surface area contributed by atoms with E-state index in [1.54, 1.807) is 0 Å². The molecule has 1 aliphatic rings. The maximum absolute atomic E-state index is 11.3. The summed E-state index contributed by atoms with van der Waals surface area (Å²) in [7, 11) is 0. The van der Waals surface area contributed by atoms with Crippen LogP contribution in [0.1, 0.15) is 43.4 Å². The Labute approximate surface area is 136 Å². The zero-order chi connectivity index (χ0) is 16.4. The molecule has 1 atom stereocenters. The number of benzene rings is 2. The molecule has 0 aliphatic carbocycles. The predicted molar refractivity (Wildman–Crippen MR) is 91.9 cm³/mol. The summed E-state index contributed by atoms with van der Waals surface area (Å²) in [5.74, 6) is -0.488. The van der Waals surface area contributed by atoms with E-state index in [1.807, 2.05) is 47.5 Å². The van der Waals surface area contributed by atoms with Crippen LogP contribution in [0.25, 0.3) is 0 Å². The molecule has 2 aromatic rings. The highest BCUT2D eigenvalue weighted by molar-refractivity contribution is 6.36. The Balaban J connectivity index is 1.96. The van der Waals surface area contributed by atoms with Gasteiger partial charge in [-0.05, 0) is 29.2 Å². The fourth-order valence-electron chi connectivity index (χ4n) is 2.82. The van der Waals surface area contributed by atoms with Crippen LogP contribution in [-0.4, -0.2) is 16.8 Å². The van der Waals surface area contributed by atoms with Crippen LogP contribution in [-0.2, 0) is 4.79 Å². The molecule has 0 amide bonds. The molecule has 0 unspecified atom stereocenters. The van der Waals surface area contributed by atoms with Gasteiger partial charge in [-0.1, -0.05) is 56.3 Å². The van der Waals surface area contributed by atoms with Crippen molar-refractivity contribution in [2.24, 2.45) is 5.10 Å². The summed E-state index contributed by atoms with van der Waals surface area (Å²) in [4.78, 5) is 11.3. The Morgan fingerprint density at radius 3 is 2.35 bits per heavy atom. The van der Waals surface area contributed by atoms with Gasteiger partial charge < -0.3 is 5.11 Å². The zero-order valence-electron chi connectivity index (χ0n) is 13.3. The van der Waals surface area contributed by atoms with E-state index in [0.29, 0.717) is 12.3 Å². The highest BCUT2D eigenvalue weighted by Gasteiger charge is 2.32. The lowest BCUT2D eigenvalue weighted by molar-refractivity contribution is -0.129. The number of rotatable bonds is 4. The molecule has 4 nitrogen and oxygen atoms in total. The summed E-state index contributed by atoms with van der Waals surface area (Å²) in [5, 5.41) is 15.5. The van der Waals surface area contributed by atoms with Crippen LogP contribution in [0.15, 0.2) is 59.7 Å². The van der Waals surface area contributed by atoms with Crippen molar-refractivity contribution in [3.05, 3.63) is 65.7 Å². The summed E-state index contributed by atoms with van der Waals surface area (Å²) in [6, 6.07) is 18.0. The minimum atomic E-state index is -0.952. The van der Waals surface area contributed by atoms with Crippen molar-refractivity contribution in [2.75, 3.05) is 5.01 Å². The van der Waals surface area contributed by atoms with E-state index in [2.05, 4.69) is 31.1 Å². The van der Waals surface area contributed by atoms with Crippen molar-refractivity contribution in [1.29, 1.82) is 0 Å². The topological polar surface area (TPSA) is 52.9 Å². The molecule has 0 bridgehead atoms. The van der Waals surface area contributed by atoms with Gasteiger partial charge in [0.1, 0.15) is 5.71 Å². The van der Waals surface area contributed by atoms with Crippen LogP contribution in [0.5, 0.6) is 0 Å². The van der Waals surface area contributed by atoms with Crippen molar-refractivity contribution < 1.29 is 9.90 Å². The molecule has 23 heavy (non-hydrogen) atoms. The van der Waals surface area contributed by atoms with Crippen molar-refractivity contribution >= 4 is 17.4 Å². The first kappa shape index (κ1) is 15.3. The van der Waals surface area contributed by atoms with E-state index in [9.17, 15) is 9.90 Å². The van der Waals surface area contributed by atoms with Crippen LogP contribution >= 0.6 is 0 Å². The first-order valence-electron chi connectivity index (χ1n) is 7.81. The van der Waals surface area contributed by atoms with Gasteiger partial charge >= 0.3 is 5.97 Å². The average molecular weight is 308 g/mol. The molecule has 0 saturated heterocycles. The summed E-state index contributed by atoms with van der Waals surface area (Å²) in [6.07, 6.45) is 0.408. The molecule has 1 heterocycles. The third-order valence-corrected chi connectivity index (χ3v) is 4.17. The largest absolute Gasteiger partial charge is 0.477 e. The van der Waals surface area contributed by atoms with Gasteiger partial charge in [0.25, 0.3) is 0 Å². The zero-order valence-corrected chi connectivity index (χ0v) is 13.3. The fourth-order valence-corrected chi connectivity index (χ4v) is 2.82. The number of carboxylic acid groups (broad SMARTS) is 1. The third-order valence-electron chi connectivity index (χ3n) is 4.17. The molecule has 0 saturated carbocycles. The molecule has 0 spiro atoms. The highest BCUT2D eigenvalue weighted by atomic mass is 16.4. The molecular weight excluding hydrogens is 288 g/mol. The molecule has 1 N–H and O–H groups in total. The molecule has 118 valence electrons. The van der Waals surface area contributed by atoms with Gasteiger partial charge in [-0.3, -0.25) is 5.01 Å². The summed E-state index contributed by atoms with van der Waals surface area (Å²) < 4.78 is 0. The maximum atomic E-state index is 11.3. The SMILES string of the molecule is CC(C)c1ccc(N2N=C(C(=O)O)C[C@H]2c2ccccc2)cc1. The van der Waals surface area contributed by atoms with E-state index < -0.39 is 5.97 Å². The second-order valence-corrected chi connectivity index (χ2v) is 6.07. The standard InChI is InChI=1S/C19H20N2O2/c1-13(2)14-8-10-16(11-9-14)21-18(12-17(20-21)19(22)23)15-6-4-3-5-7-15/h3-11,13,18H,12H2,1-2H3,(H,22,23)/t18-/m0/s1. The Bertz CT molecular complexity index is 721. The van der Waals surface area contributed by atoms with Crippen LogP contribution in [0.2, 0.25) is 0 Å². The van der Waals surface area contributed by atoms with E-state index >= 15 is 0 Å². The Morgan fingerprint density at radius 1 is 1.13 bits per heavy atom. The minimum Gasteiger partial charge on any atom is -0.477 e. The first-order chi connectivity index (χ1) is 11.1. The third kappa shape index (κ3) is 3.11. The van der Waals surface area contributed by atoms with Gasteiger partial charge in [-0.15, -0.1) is 0 Å². The van der Waals surface area contributed by atoms with Crippen LogP contribution in [0.4, 0.5) is 5.69 Å². The number of hydrogen-bond donors (Lipinski definition) is 1. The Hall–Kier alpha value is -2.62. The number of carbonyl (C=O) groups is 1. The van der Waals surface area contributed by atoms with Crippen LogP contribution in [0.3, 0.4) is 0 Å².